The number of imide groups is 1. The lowest BCUT2D eigenvalue weighted by Crippen LogP contribution is -2.47. The van der Waals surface area contributed by atoms with E-state index in [9.17, 15) is 9.59 Å². The van der Waals surface area contributed by atoms with E-state index in [1.54, 1.807) is 24.3 Å². The summed E-state index contributed by atoms with van der Waals surface area (Å²) in [4.78, 5) is 35.0. The third-order valence-corrected chi connectivity index (χ3v) is 8.35. The molecule has 0 bridgehead atoms. The maximum atomic E-state index is 14.0. The fourth-order valence-corrected chi connectivity index (χ4v) is 6.09. The van der Waals surface area contributed by atoms with Gasteiger partial charge in [-0.1, -0.05) is 78.0 Å². The van der Waals surface area contributed by atoms with Crippen LogP contribution in [-0.2, 0) is 16.1 Å². The average molecular weight is 562 g/mol. The normalized spacial score (nSPS) is 16.0. The minimum Gasteiger partial charge on any atom is -0.457 e. The fraction of sp³-hybridized carbons (Fsp3) is 0.176. The van der Waals surface area contributed by atoms with E-state index in [0.717, 1.165) is 35.8 Å². The SMILES string of the molecule is Cc1ccc(SC2=C(N3CCN(Cc4ccccc4)CC3)C(=O)N(c3ccc(Oc4ccccc4)cc3)C2=O)cc1. The average Bonchev–Trinajstić information content (AvgIpc) is 3.24. The minimum absolute atomic E-state index is 0.280. The highest BCUT2D eigenvalue weighted by Gasteiger charge is 2.43. The predicted molar refractivity (Wildman–Crippen MR) is 163 cm³/mol. The van der Waals surface area contributed by atoms with E-state index in [2.05, 4.69) is 34.1 Å². The van der Waals surface area contributed by atoms with E-state index in [1.165, 1.54) is 22.2 Å². The van der Waals surface area contributed by atoms with Gasteiger partial charge in [-0.3, -0.25) is 14.5 Å². The number of rotatable bonds is 8. The summed E-state index contributed by atoms with van der Waals surface area (Å²) in [7, 11) is 0. The van der Waals surface area contributed by atoms with Crippen molar-refractivity contribution in [3.63, 3.8) is 0 Å². The van der Waals surface area contributed by atoms with Gasteiger partial charge in [0.15, 0.2) is 0 Å². The molecule has 2 amide bonds. The number of aryl methyl sites for hydroxylation is 1. The number of hydrogen-bond acceptors (Lipinski definition) is 6. The summed E-state index contributed by atoms with van der Waals surface area (Å²) < 4.78 is 5.91. The molecule has 0 atom stereocenters. The lowest BCUT2D eigenvalue weighted by molar-refractivity contribution is -0.121. The second kappa shape index (κ2) is 12.0. The van der Waals surface area contributed by atoms with Gasteiger partial charge in [0.2, 0.25) is 0 Å². The molecule has 6 nitrogen and oxygen atoms in total. The number of carbonyl (C=O) groups excluding carboxylic acids is 2. The molecule has 206 valence electrons. The lowest BCUT2D eigenvalue weighted by atomic mass is 10.2. The van der Waals surface area contributed by atoms with Gasteiger partial charge in [-0.25, -0.2) is 4.90 Å². The van der Waals surface area contributed by atoms with Crippen molar-refractivity contribution in [3.8, 4) is 11.5 Å². The molecule has 2 aliphatic rings. The Morgan fingerprint density at radius 1 is 0.683 bits per heavy atom. The smallest absolute Gasteiger partial charge is 0.283 e. The molecule has 0 spiro atoms. The van der Waals surface area contributed by atoms with Gasteiger partial charge in [-0.15, -0.1) is 0 Å². The highest BCUT2D eigenvalue weighted by molar-refractivity contribution is 8.04. The molecule has 1 fully saturated rings. The Morgan fingerprint density at radius 2 is 1.29 bits per heavy atom. The molecule has 41 heavy (non-hydrogen) atoms. The largest absolute Gasteiger partial charge is 0.457 e. The maximum absolute atomic E-state index is 14.0. The molecule has 0 radical (unpaired) electrons. The molecule has 0 N–H and O–H groups in total. The molecule has 0 aliphatic carbocycles. The van der Waals surface area contributed by atoms with E-state index < -0.39 is 0 Å². The van der Waals surface area contributed by atoms with Gasteiger partial charge in [-0.05, 0) is 61.0 Å². The summed E-state index contributed by atoms with van der Waals surface area (Å²) in [5.41, 5.74) is 3.44. The highest BCUT2D eigenvalue weighted by Crippen LogP contribution is 2.39. The number of para-hydroxylation sites is 1. The molecule has 0 saturated carbocycles. The minimum atomic E-state index is -0.293. The van der Waals surface area contributed by atoms with Crippen LogP contribution in [-0.4, -0.2) is 47.8 Å². The van der Waals surface area contributed by atoms with Gasteiger partial charge in [0.05, 0.1) is 5.69 Å². The Kier molecular flexibility index (Phi) is 7.89. The first kappa shape index (κ1) is 26.9. The van der Waals surface area contributed by atoms with Crippen molar-refractivity contribution in [2.24, 2.45) is 0 Å². The third-order valence-electron chi connectivity index (χ3n) is 7.27. The molecule has 4 aromatic carbocycles. The van der Waals surface area contributed by atoms with Crippen LogP contribution in [0.2, 0.25) is 0 Å². The van der Waals surface area contributed by atoms with Crippen molar-refractivity contribution in [1.82, 2.24) is 9.80 Å². The second-order valence-electron chi connectivity index (χ2n) is 10.2. The molecule has 4 aromatic rings. The van der Waals surface area contributed by atoms with Gasteiger partial charge in [0.25, 0.3) is 11.8 Å². The van der Waals surface area contributed by atoms with Crippen LogP contribution in [0, 0.1) is 6.92 Å². The third kappa shape index (κ3) is 6.06. The van der Waals surface area contributed by atoms with Crippen molar-refractivity contribution >= 4 is 29.3 Å². The number of hydrogen-bond donors (Lipinski definition) is 0. The summed E-state index contributed by atoms with van der Waals surface area (Å²) in [6.45, 7) is 5.88. The molecular formula is C34H31N3O3S. The number of carbonyl (C=O) groups is 2. The van der Waals surface area contributed by atoms with Crippen LogP contribution < -0.4 is 9.64 Å². The molecule has 0 unspecified atom stereocenters. The topological polar surface area (TPSA) is 53.1 Å². The van der Waals surface area contributed by atoms with E-state index in [-0.39, 0.29) is 11.8 Å². The van der Waals surface area contributed by atoms with Crippen LogP contribution >= 0.6 is 11.8 Å². The van der Waals surface area contributed by atoms with Crippen LogP contribution in [0.4, 0.5) is 5.69 Å². The number of thioether (sulfide) groups is 1. The van der Waals surface area contributed by atoms with E-state index >= 15 is 0 Å². The van der Waals surface area contributed by atoms with Gasteiger partial charge in [0, 0.05) is 37.6 Å². The van der Waals surface area contributed by atoms with Gasteiger partial charge < -0.3 is 9.64 Å². The van der Waals surface area contributed by atoms with Crippen molar-refractivity contribution in [3.05, 3.63) is 131 Å². The van der Waals surface area contributed by atoms with Gasteiger partial charge in [-0.2, -0.15) is 0 Å². The molecule has 2 aliphatic heterocycles. The summed E-state index contributed by atoms with van der Waals surface area (Å²) in [6.07, 6.45) is 0. The molecule has 6 rings (SSSR count). The predicted octanol–water partition coefficient (Wildman–Crippen LogP) is 6.48. The van der Waals surface area contributed by atoms with E-state index in [4.69, 9.17) is 4.74 Å². The summed E-state index contributed by atoms with van der Waals surface area (Å²) in [5.74, 6) is 0.786. The zero-order valence-corrected chi connectivity index (χ0v) is 23.7. The molecular weight excluding hydrogens is 530 g/mol. The Labute approximate surface area is 244 Å². The number of ether oxygens (including phenoxy) is 1. The van der Waals surface area contributed by atoms with Crippen LogP contribution in [0.1, 0.15) is 11.1 Å². The Bertz CT molecular complexity index is 1550. The summed E-state index contributed by atoms with van der Waals surface area (Å²) >= 11 is 1.37. The van der Waals surface area contributed by atoms with Crippen molar-refractivity contribution in [2.75, 3.05) is 31.1 Å². The first-order valence-electron chi connectivity index (χ1n) is 13.8. The van der Waals surface area contributed by atoms with Crippen LogP contribution in [0.5, 0.6) is 11.5 Å². The second-order valence-corrected chi connectivity index (χ2v) is 11.3. The number of benzene rings is 4. The zero-order chi connectivity index (χ0) is 28.2. The first-order valence-corrected chi connectivity index (χ1v) is 14.6. The van der Waals surface area contributed by atoms with Crippen LogP contribution in [0.3, 0.4) is 0 Å². The highest BCUT2D eigenvalue weighted by atomic mass is 32.2. The number of piperazine rings is 1. The fourth-order valence-electron chi connectivity index (χ4n) is 5.09. The Morgan fingerprint density at radius 3 is 1.95 bits per heavy atom. The first-order chi connectivity index (χ1) is 20.0. The van der Waals surface area contributed by atoms with E-state index in [1.807, 2.05) is 67.6 Å². The zero-order valence-electron chi connectivity index (χ0n) is 22.9. The van der Waals surface area contributed by atoms with Crippen molar-refractivity contribution < 1.29 is 14.3 Å². The number of nitrogens with zero attached hydrogens (tertiary/aromatic N) is 3. The molecule has 2 heterocycles. The van der Waals surface area contributed by atoms with Crippen LogP contribution in [0.25, 0.3) is 0 Å². The monoisotopic (exact) mass is 561 g/mol. The molecule has 1 saturated heterocycles. The quantitative estimate of drug-likeness (QED) is 0.230. The summed E-state index contributed by atoms with van der Waals surface area (Å²) in [6, 6.07) is 35.1. The van der Waals surface area contributed by atoms with Gasteiger partial charge >= 0.3 is 0 Å². The van der Waals surface area contributed by atoms with Crippen LogP contribution in [0.15, 0.2) is 125 Å². The van der Waals surface area contributed by atoms with Crippen molar-refractivity contribution in [2.45, 2.75) is 18.4 Å². The maximum Gasteiger partial charge on any atom is 0.283 e. The summed E-state index contributed by atoms with van der Waals surface area (Å²) in [5, 5.41) is 0. The Hall–Kier alpha value is -4.33. The number of anilines is 1. The lowest BCUT2D eigenvalue weighted by Gasteiger charge is -2.36. The van der Waals surface area contributed by atoms with E-state index in [0.29, 0.717) is 35.1 Å². The standard InChI is InChI=1S/C34H31N3O3S/c1-25-12-18-30(19-13-25)41-32-31(36-22-20-35(21-23-36)24-26-8-4-2-5-9-26)33(38)37(34(32)39)27-14-16-29(17-15-27)40-28-10-6-3-7-11-28/h2-19H,20-24H2,1H3. The molecule has 7 heteroatoms. The van der Waals surface area contributed by atoms with Gasteiger partial charge in [0.1, 0.15) is 22.1 Å². The number of amides is 2. The molecule has 0 aromatic heterocycles. The van der Waals surface area contributed by atoms with Crippen molar-refractivity contribution in [1.29, 1.82) is 0 Å². The Balaban J connectivity index is 1.23.